The highest BCUT2D eigenvalue weighted by molar-refractivity contribution is 5.50. The van der Waals surface area contributed by atoms with Crippen LogP contribution in [0.3, 0.4) is 0 Å². The number of benzene rings is 1. The largest absolute Gasteiger partial charge is 0.383 e. The van der Waals surface area contributed by atoms with Gasteiger partial charge in [0.05, 0.1) is 13.2 Å². The third kappa shape index (κ3) is 4.66. The Morgan fingerprint density at radius 1 is 1.33 bits per heavy atom. The van der Waals surface area contributed by atoms with Crippen molar-refractivity contribution in [2.45, 2.75) is 13.8 Å². The monoisotopic (exact) mass is 205 g/mol. The topological polar surface area (TPSA) is 21.3 Å². The van der Waals surface area contributed by atoms with Crippen LogP contribution in [0.15, 0.2) is 36.4 Å². The van der Waals surface area contributed by atoms with Crippen LogP contribution in [-0.4, -0.2) is 19.8 Å². The van der Waals surface area contributed by atoms with Gasteiger partial charge in [-0.1, -0.05) is 30.4 Å². The summed E-state index contributed by atoms with van der Waals surface area (Å²) in [5.41, 5.74) is 2.46. The maximum absolute atomic E-state index is 5.39. The second kappa shape index (κ2) is 7.07. The zero-order valence-corrected chi connectivity index (χ0v) is 9.49. The van der Waals surface area contributed by atoms with E-state index in [-0.39, 0.29) is 0 Å². The molecule has 0 aromatic heterocycles. The SMILES string of the molecule is CC=CCOCCNc1ccccc1C. The van der Waals surface area contributed by atoms with Crippen LogP contribution in [0.1, 0.15) is 12.5 Å². The molecule has 0 saturated carbocycles. The van der Waals surface area contributed by atoms with Gasteiger partial charge < -0.3 is 10.1 Å². The summed E-state index contributed by atoms with van der Waals surface area (Å²) in [5, 5.41) is 3.34. The van der Waals surface area contributed by atoms with Crippen molar-refractivity contribution in [1.82, 2.24) is 0 Å². The average molecular weight is 205 g/mol. The van der Waals surface area contributed by atoms with Gasteiger partial charge in [-0.25, -0.2) is 0 Å². The smallest absolute Gasteiger partial charge is 0.0648 e. The van der Waals surface area contributed by atoms with E-state index >= 15 is 0 Å². The van der Waals surface area contributed by atoms with E-state index in [2.05, 4.69) is 24.4 Å². The summed E-state index contributed by atoms with van der Waals surface area (Å²) in [6, 6.07) is 8.27. The van der Waals surface area contributed by atoms with E-state index in [1.165, 1.54) is 11.3 Å². The van der Waals surface area contributed by atoms with E-state index < -0.39 is 0 Å². The van der Waals surface area contributed by atoms with Crippen molar-refractivity contribution < 1.29 is 4.74 Å². The summed E-state index contributed by atoms with van der Waals surface area (Å²) in [6.45, 7) is 6.38. The zero-order valence-electron chi connectivity index (χ0n) is 9.49. The van der Waals surface area contributed by atoms with Gasteiger partial charge in [-0.05, 0) is 25.5 Å². The molecule has 2 nitrogen and oxygen atoms in total. The first-order chi connectivity index (χ1) is 7.34. The number of para-hydroxylation sites is 1. The molecule has 0 amide bonds. The van der Waals surface area contributed by atoms with Gasteiger partial charge >= 0.3 is 0 Å². The van der Waals surface area contributed by atoms with E-state index in [1.807, 2.05) is 31.2 Å². The van der Waals surface area contributed by atoms with E-state index in [1.54, 1.807) is 0 Å². The highest BCUT2D eigenvalue weighted by Gasteiger charge is 1.94. The molecule has 0 aliphatic carbocycles. The lowest BCUT2D eigenvalue weighted by molar-refractivity contribution is 0.173. The Balaban J connectivity index is 2.18. The fourth-order valence-corrected chi connectivity index (χ4v) is 1.28. The Morgan fingerprint density at radius 2 is 2.13 bits per heavy atom. The fraction of sp³-hybridized carbons (Fsp3) is 0.385. The molecule has 1 aromatic rings. The Labute approximate surface area is 92.0 Å². The predicted molar refractivity (Wildman–Crippen MR) is 65.3 cm³/mol. The first-order valence-corrected chi connectivity index (χ1v) is 5.33. The summed E-state index contributed by atoms with van der Waals surface area (Å²) in [7, 11) is 0. The van der Waals surface area contributed by atoms with Gasteiger partial charge in [0.25, 0.3) is 0 Å². The number of rotatable bonds is 6. The number of allylic oxidation sites excluding steroid dienone is 1. The van der Waals surface area contributed by atoms with Crippen molar-refractivity contribution in [1.29, 1.82) is 0 Å². The van der Waals surface area contributed by atoms with Crippen molar-refractivity contribution in [3.63, 3.8) is 0 Å². The lowest BCUT2D eigenvalue weighted by atomic mass is 10.2. The van der Waals surface area contributed by atoms with Crippen molar-refractivity contribution >= 4 is 5.69 Å². The van der Waals surface area contributed by atoms with E-state index in [0.717, 1.165) is 13.2 Å². The maximum Gasteiger partial charge on any atom is 0.0648 e. The third-order valence-corrected chi connectivity index (χ3v) is 2.16. The molecule has 0 bridgehead atoms. The Bertz CT molecular complexity index is 307. The molecule has 2 heteroatoms. The highest BCUT2D eigenvalue weighted by Crippen LogP contribution is 2.12. The van der Waals surface area contributed by atoms with Gasteiger partial charge in [-0.15, -0.1) is 0 Å². The molecule has 0 heterocycles. The Hall–Kier alpha value is -1.28. The first kappa shape index (κ1) is 11.8. The minimum Gasteiger partial charge on any atom is -0.383 e. The summed E-state index contributed by atoms with van der Waals surface area (Å²) in [5.74, 6) is 0. The lowest BCUT2D eigenvalue weighted by Gasteiger charge is -2.08. The normalized spacial score (nSPS) is 10.8. The number of hydrogen-bond acceptors (Lipinski definition) is 2. The van der Waals surface area contributed by atoms with Crippen molar-refractivity contribution in [2.24, 2.45) is 0 Å². The van der Waals surface area contributed by atoms with Crippen molar-refractivity contribution in [3.8, 4) is 0 Å². The number of aryl methyl sites for hydroxylation is 1. The molecule has 1 rings (SSSR count). The van der Waals surface area contributed by atoms with Gasteiger partial charge in [0.1, 0.15) is 0 Å². The molecule has 0 spiro atoms. The van der Waals surface area contributed by atoms with Gasteiger partial charge in [0.2, 0.25) is 0 Å². The van der Waals surface area contributed by atoms with Crippen LogP contribution in [0, 0.1) is 6.92 Å². The second-order valence-corrected chi connectivity index (χ2v) is 3.39. The number of nitrogens with one attached hydrogen (secondary N) is 1. The van der Waals surface area contributed by atoms with Crippen LogP contribution in [0.4, 0.5) is 5.69 Å². The quantitative estimate of drug-likeness (QED) is 0.569. The van der Waals surface area contributed by atoms with Gasteiger partial charge in [-0.2, -0.15) is 0 Å². The molecule has 0 saturated heterocycles. The molecule has 15 heavy (non-hydrogen) atoms. The number of ether oxygens (including phenoxy) is 1. The Kier molecular flexibility index (Phi) is 5.56. The summed E-state index contributed by atoms with van der Waals surface area (Å²) >= 11 is 0. The van der Waals surface area contributed by atoms with Crippen molar-refractivity contribution in [2.75, 3.05) is 25.1 Å². The minimum absolute atomic E-state index is 0.700. The predicted octanol–water partition coefficient (Wildman–Crippen LogP) is 3.00. The van der Waals surface area contributed by atoms with E-state index in [9.17, 15) is 0 Å². The van der Waals surface area contributed by atoms with Crippen LogP contribution in [0.25, 0.3) is 0 Å². The van der Waals surface area contributed by atoms with E-state index in [0.29, 0.717) is 6.61 Å². The minimum atomic E-state index is 0.700. The van der Waals surface area contributed by atoms with Gasteiger partial charge in [0, 0.05) is 12.2 Å². The maximum atomic E-state index is 5.39. The second-order valence-electron chi connectivity index (χ2n) is 3.39. The Morgan fingerprint density at radius 3 is 2.87 bits per heavy atom. The number of hydrogen-bond donors (Lipinski definition) is 1. The highest BCUT2D eigenvalue weighted by atomic mass is 16.5. The van der Waals surface area contributed by atoms with Crippen LogP contribution >= 0.6 is 0 Å². The van der Waals surface area contributed by atoms with Gasteiger partial charge in [0.15, 0.2) is 0 Å². The first-order valence-electron chi connectivity index (χ1n) is 5.33. The zero-order chi connectivity index (χ0) is 10.9. The molecule has 0 aliphatic rings. The molecule has 82 valence electrons. The molecule has 0 unspecified atom stereocenters. The van der Waals surface area contributed by atoms with Gasteiger partial charge in [-0.3, -0.25) is 0 Å². The summed E-state index contributed by atoms with van der Waals surface area (Å²) in [6.07, 6.45) is 4.00. The van der Waals surface area contributed by atoms with Crippen molar-refractivity contribution in [3.05, 3.63) is 42.0 Å². The molecule has 1 aromatic carbocycles. The summed E-state index contributed by atoms with van der Waals surface area (Å²) < 4.78 is 5.39. The van der Waals surface area contributed by atoms with E-state index in [4.69, 9.17) is 4.74 Å². The van der Waals surface area contributed by atoms with Crippen LogP contribution in [0.2, 0.25) is 0 Å². The molecular formula is C13H19NO. The standard InChI is InChI=1S/C13H19NO/c1-3-4-10-15-11-9-14-13-8-6-5-7-12(13)2/h3-8,14H,9-11H2,1-2H3. The van der Waals surface area contributed by atoms with Crippen LogP contribution < -0.4 is 5.32 Å². The summed E-state index contributed by atoms with van der Waals surface area (Å²) in [4.78, 5) is 0. The number of anilines is 1. The molecule has 0 aliphatic heterocycles. The average Bonchev–Trinajstić information content (AvgIpc) is 2.25. The lowest BCUT2D eigenvalue weighted by Crippen LogP contribution is -2.10. The third-order valence-electron chi connectivity index (χ3n) is 2.16. The fourth-order valence-electron chi connectivity index (χ4n) is 1.28. The molecule has 0 radical (unpaired) electrons. The van der Waals surface area contributed by atoms with Crippen LogP contribution in [-0.2, 0) is 4.74 Å². The van der Waals surface area contributed by atoms with Crippen LogP contribution in [0.5, 0.6) is 0 Å². The molecular weight excluding hydrogens is 186 g/mol. The molecule has 1 N–H and O–H groups in total. The molecule has 0 fully saturated rings. The molecule has 0 atom stereocenters.